The van der Waals surface area contributed by atoms with E-state index in [4.69, 9.17) is 5.26 Å². The number of fused-ring (bicyclic) bond motifs is 1. The van der Waals surface area contributed by atoms with Crippen LogP contribution in [0.15, 0.2) is 30.5 Å². The first-order chi connectivity index (χ1) is 9.65. The number of hydrogen-bond donors (Lipinski definition) is 0. The number of para-hydroxylation sites is 1. The molecule has 0 aliphatic heterocycles. The second-order valence-electron chi connectivity index (χ2n) is 5.53. The highest BCUT2D eigenvalue weighted by atomic mass is 15.1. The molecule has 2 aromatic rings. The Hall–Kier alpha value is -1.79. The van der Waals surface area contributed by atoms with E-state index in [1.54, 1.807) is 0 Å². The minimum Gasteiger partial charge on any atom is -0.350 e. The van der Waals surface area contributed by atoms with E-state index in [0.29, 0.717) is 0 Å². The molecular weight excluding hydrogens is 246 g/mol. The smallest absolute Gasteiger partial charge is 0.0669 e. The monoisotopic (exact) mass is 269 g/mol. The third-order valence-electron chi connectivity index (χ3n) is 3.95. The minimum atomic E-state index is 0.146. The lowest BCUT2D eigenvalue weighted by molar-refractivity contribution is 0.303. The molecule has 1 atom stereocenters. The third kappa shape index (κ3) is 3.20. The van der Waals surface area contributed by atoms with Crippen molar-refractivity contribution in [3.05, 3.63) is 36.0 Å². The van der Waals surface area contributed by atoms with Crippen molar-refractivity contribution in [3.63, 3.8) is 0 Å². The van der Waals surface area contributed by atoms with E-state index in [1.165, 1.54) is 16.5 Å². The van der Waals surface area contributed by atoms with E-state index < -0.39 is 0 Å². The molecule has 20 heavy (non-hydrogen) atoms. The third-order valence-corrected chi connectivity index (χ3v) is 3.95. The molecule has 0 spiro atoms. The van der Waals surface area contributed by atoms with Gasteiger partial charge in [-0.2, -0.15) is 5.26 Å². The van der Waals surface area contributed by atoms with Gasteiger partial charge in [0, 0.05) is 37.2 Å². The first-order valence-corrected chi connectivity index (χ1v) is 7.26. The van der Waals surface area contributed by atoms with Crippen LogP contribution in [0.2, 0.25) is 0 Å². The number of aromatic nitrogens is 1. The van der Waals surface area contributed by atoms with Crippen LogP contribution >= 0.6 is 0 Å². The Kier molecular flexibility index (Phi) is 4.81. The maximum Gasteiger partial charge on any atom is 0.0669 e. The summed E-state index contributed by atoms with van der Waals surface area (Å²) in [5.74, 6) is 0.146. The van der Waals surface area contributed by atoms with Crippen LogP contribution in [0.4, 0.5) is 0 Å². The average Bonchev–Trinajstić information content (AvgIpc) is 2.80. The van der Waals surface area contributed by atoms with Crippen molar-refractivity contribution >= 4 is 10.9 Å². The molecule has 0 saturated carbocycles. The molecule has 0 bridgehead atoms. The normalized spacial score (nSPS) is 12.8. The summed E-state index contributed by atoms with van der Waals surface area (Å²) in [6.45, 7) is 3.93. The van der Waals surface area contributed by atoms with E-state index in [0.717, 1.165) is 25.9 Å². The Morgan fingerprint density at radius 2 is 2.10 bits per heavy atom. The molecule has 0 saturated heterocycles. The van der Waals surface area contributed by atoms with Crippen LogP contribution in [0.25, 0.3) is 10.9 Å². The summed E-state index contributed by atoms with van der Waals surface area (Å²) in [6, 6.07) is 10.9. The van der Waals surface area contributed by atoms with Crippen LogP contribution < -0.4 is 0 Å². The summed E-state index contributed by atoms with van der Waals surface area (Å²) in [4.78, 5) is 2.26. The van der Waals surface area contributed by atoms with Crippen molar-refractivity contribution in [3.8, 4) is 6.07 Å². The van der Waals surface area contributed by atoms with Gasteiger partial charge in [-0.25, -0.2) is 0 Å². The molecule has 0 aliphatic rings. The van der Waals surface area contributed by atoms with Gasteiger partial charge < -0.3 is 9.47 Å². The molecule has 3 nitrogen and oxygen atoms in total. The van der Waals surface area contributed by atoms with Gasteiger partial charge in [0.25, 0.3) is 0 Å². The maximum atomic E-state index is 9.02. The summed E-state index contributed by atoms with van der Waals surface area (Å²) >= 11 is 0. The van der Waals surface area contributed by atoms with Gasteiger partial charge in [-0.05, 0) is 31.5 Å². The van der Waals surface area contributed by atoms with Gasteiger partial charge in [-0.15, -0.1) is 0 Å². The molecule has 1 aromatic heterocycles. The number of rotatable bonds is 6. The quantitative estimate of drug-likeness (QED) is 0.806. The number of likely N-dealkylation sites (N-methyl/N-ethyl adjacent to an activating group) is 1. The van der Waals surface area contributed by atoms with E-state index in [2.05, 4.69) is 67.0 Å². The Morgan fingerprint density at radius 3 is 2.80 bits per heavy atom. The van der Waals surface area contributed by atoms with Gasteiger partial charge in [0.2, 0.25) is 0 Å². The molecule has 0 aliphatic carbocycles. The van der Waals surface area contributed by atoms with Gasteiger partial charge in [0.05, 0.1) is 12.0 Å². The highest BCUT2D eigenvalue weighted by molar-refractivity contribution is 5.83. The summed E-state index contributed by atoms with van der Waals surface area (Å²) in [5.41, 5.74) is 2.67. The van der Waals surface area contributed by atoms with Gasteiger partial charge in [0.15, 0.2) is 0 Å². The van der Waals surface area contributed by atoms with Gasteiger partial charge in [-0.3, -0.25) is 0 Å². The summed E-state index contributed by atoms with van der Waals surface area (Å²) in [7, 11) is 4.20. The zero-order valence-electron chi connectivity index (χ0n) is 12.6. The minimum absolute atomic E-state index is 0.146. The number of aryl methyl sites for hydroxylation is 1. The van der Waals surface area contributed by atoms with Crippen LogP contribution in [0.3, 0.4) is 0 Å². The molecular formula is C17H23N3. The van der Waals surface area contributed by atoms with Crippen molar-refractivity contribution in [1.29, 1.82) is 5.26 Å². The van der Waals surface area contributed by atoms with E-state index >= 15 is 0 Å². The summed E-state index contributed by atoms with van der Waals surface area (Å²) in [5, 5.41) is 10.4. The Labute approximate surface area is 121 Å². The lowest BCUT2D eigenvalue weighted by atomic mass is 10.1. The molecule has 1 unspecified atom stereocenters. The Bertz CT molecular complexity index is 606. The van der Waals surface area contributed by atoms with Crippen LogP contribution in [0, 0.1) is 17.2 Å². The molecule has 106 valence electrons. The molecule has 1 heterocycles. The Morgan fingerprint density at radius 1 is 1.35 bits per heavy atom. The van der Waals surface area contributed by atoms with E-state index in [-0.39, 0.29) is 5.92 Å². The highest BCUT2D eigenvalue weighted by Gasteiger charge is 2.10. The van der Waals surface area contributed by atoms with Crippen LogP contribution in [-0.4, -0.2) is 29.6 Å². The van der Waals surface area contributed by atoms with Gasteiger partial charge >= 0.3 is 0 Å². The Balaban J connectivity index is 2.01. The average molecular weight is 269 g/mol. The van der Waals surface area contributed by atoms with Crippen molar-refractivity contribution < 1.29 is 0 Å². The first kappa shape index (κ1) is 14.6. The summed E-state index contributed by atoms with van der Waals surface area (Å²) < 4.78 is 2.19. The second-order valence-corrected chi connectivity index (χ2v) is 5.53. The second kappa shape index (κ2) is 6.58. The maximum absolute atomic E-state index is 9.02. The van der Waals surface area contributed by atoms with Crippen LogP contribution in [0.5, 0.6) is 0 Å². The first-order valence-electron chi connectivity index (χ1n) is 7.26. The standard InChI is InChI=1S/C17H23N3/c1-4-14(11-18)12-19(2)10-9-15-13-20(3)17-8-6-5-7-16(15)17/h5-8,13-14H,4,9-10,12H2,1-3H3. The van der Waals surface area contributed by atoms with Gasteiger partial charge in [0.1, 0.15) is 0 Å². The lowest BCUT2D eigenvalue weighted by Crippen LogP contribution is -2.27. The fourth-order valence-corrected chi connectivity index (χ4v) is 2.66. The highest BCUT2D eigenvalue weighted by Crippen LogP contribution is 2.20. The molecule has 0 fully saturated rings. The summed E-state index contributed by atoms with van der Waals surface area (Å²) in [6.07, 6.45) is 4.18. The number of nitrogens with zero attached hydrogens (tertiary/aromatic N) is 3. The van der Waals surface area contributed by atoms with Crippen molar-refractivity contribution in [2.75, 3.05) is 20.1 Å². The topological polar surface area (TPSA) is 32.0 Å². The zero-order valence-corrected chi connectivity index (χ0v) is 12.6. The lowest BCUT2D eigenvalue weighted by Gasteiger charge is -2.18. The van der Waals surface area contributed by atoms with E-state index in [1.807, 2.05) is 0 Å². The number of hydrogen-bond acceptors (Lipinski definition) is 2. The number of benzene rings is 1. The largest absolute Gasteiger partial charge is 0.350 e. The van der Waals surface area contributed by atoms with Crippen molar-refractivity contribution in [1.82, 2.24) is 9.47 Å². The SMILES string of the molecule is CCC(C#N)CN(C)CCc1cn(C)c2ccccc12. The fraction of sp³-hybridized carbons (Fsp3) is 0.471. The van der Waals surface area contributed by atoms with Crippen molar-refractivity contribution in [2.24, 2.45) is 13.0 Å². The predicted molar refractivity (Wildman–Crippen MR) is 83.5 cm³/mol. The number of nitriles is 1. The van der Waals surface area contributed by atoms with Crippen LogP contribution in [-0.2, 0) is 13.5 Å². The molecule has 0 amide bonds. The zero-order chi connectivity index (χ0) is 14.5. The molecule has 0 N–H and O–H groups in total. The van der Waals surface area contributed by atoms with E-state index in [9.17, 15) is 0 Å². The molecule has 2 rings (SSSR count). The van der Waals surface area contributed by atoms with Crippen molar-refractivity contribution in [2.45, 2.75) is 19.8 Å². The molecule has 3 heteroatoms. The molecule has 1 aromatic carbocycles. The predicted octanol–water partition coefficient (Wildman–Crippen LogP) is 3.20. The van der Waals surface area contributed by atoms with Gasteiger partial charge in [-0.1, -0.05) is 25.1 Å². The molecule has 0 radical (unpaired) electrons. The fourth-order valence-electron chi connectivity index (χ4n) is 2.66. The van der Waals surface area contributed by atoms with Crippen LogP contribution in [0.1, 0.15) is 18.9 Å².